The average molecular weight is 456 g/mol. The Bertz CT molecular complexity index is 887. The van der Waals surface area contributed by atoms with E-state index in [9.17, 15) is 14.3 Å². The van der Waals surface area contributed by atoms with Gasteiger partial charge in [0.05, 0.1) is 12.2 Å². The van der Waals surface area contributed by atoms with E-state index in [4.69, 9.17) is 4.74 Å². The smallest absolute Gasteiger partial charge is 0.254 e. The van der Waals surface area contributed by atoms with Gasteiger partial charge in [-0.1, -0.05) is 30.3 Å². The quantitative estimate of drug-likeness (QED) is 0.696. The maximum absolute atomic E-state index is 13.2. The Morgan fingerprint density at radius 2 is 1.76 bits per heavy atom. The van der Waals surface area contributed by atoms with Gasteiger partial charge in [-0.05, 0) is 49.1 Å². The molecule has 0 aromatic heterocycles. The molecule has 33 heavy (non-hydrogen) atoms. The van der Waals surface area contributed by atoms with Crippen molar-refractivity contribution >= 4 is 11.6 Å². The average Bonchev–Trinajstić information content (AvgIpc) is 2.84. The summed E-state index contributed by atoms with van der Waals surface area (Å²) in [5, 5.41) is 10.4. The number of halogens is 1. The van der Waals surface area contributed by atoms with Crippen LogP contribution in [0.4, 0.5) is 10.1 Å². The molecule has 2 heterocycles. The van der Waals surface area contributed by atoms with Gasteiger partial charge in [-0.15, -0.1) is 0 Å². The largest absolute Gasteiger partial charge is 0.390 e. The van der Waals surface area contributed by atoms with E-state index in [2.05, 4.69) is 9.80 Å². The van der Waals surface area contributed by atoms with E-state index in [1.807, 2.05) is 42.5 Å². The first-order chi connectivity index (χ1) is 16.0. The maximum atomic E-state index is 13.2. The van der Waals surface area contributed by atoms with Crippen LogP contribution in [0.2, 0.25) is 0 Å². The molecule has 6 nitrogen and oxygen atoms in total. The fourth-order valence-corrected chi connectivity index (χ4v) is 4.67. The first kappa shape index (κ1) is 23.7. The van der Waals surface area contributed by atoms with Crippen molar-refractivity contribution in [2.45, 2.75) is 44.1 Å². The summed E-state index contributed by atoms with van der Waals surface area (Å²) in [5.41, 5.74) is 2.11. The van der Waals surface area contributed by atoms with E-state index in [1.165, 1.54) is 12.1 Å². The molecule has 1 N–H and O–H groups in total. The fraction of sp³-hybridized carbons (Fsp3) is 0.500. The van der Waals surface area contributed by atoms with Gasteiger partial charge in [0, 0.05) is 52.0 Å². The number of hydrogen-bond acceptors (Lipinski definition) is 5. The van der Waals surface area contributed by atoms with Gasteiger partial charge in [0.15, 0.2) is 6.10 Å². The minimum Gasteiger partial charge on any atom is -0.390 e. The highest BCUT2D eigenvalue weighted by molar-refractivity contribution is 5.81. The molecule has 2 saturated heterocycles. The van der Waals surface area contributed by atoms with Crippen LogP contribution in [0.25, 0.3) is 0 Å². The van der Waals surface area contributed by atoms with Crippen LogP contribution in [0.1, 0.15) is 24.8 Å². The lowest BCUT2D eigenvalue weighted by atomic mass is 9.98. The number of carbonyl (C=O) groups is 1. The van der Waals surface area contributed by atoms with Crippen molar-refractivity contribution in [3.63, 3.8) is 0 Å². The third-order valence-corrected chi connectivity index (χ3v) is 6.69. The highest BCUT2D eigenvalue weighted by atomic mass is 19.1. The van der Waals surface area contributed by atoms with Crippen LogP contribution >= 0.6 is 0 Å². The zero-order chi connectivity index (χ0) is 23.2. The van der Waals surface area contributed by atoms with Gasteiger partial charge in [-0.25, -0.2) is 4.39 Å². The van der Waals surface area contributed by atoms with E-state index in [-0.39, 0.29) is 17.8 Å². The Hall–Kier alpha value is -2.48. The molecular weight excluding hydrogens is 421 g/mol. The summed E-state index contributed by atoms with van der Waals surface area (Å²) >= 11 is 0. The number of hydrogen-bond donors (Lipinski definition) is 1. The van der Waals surface area contributed by atoms with Crippen molar-refractivity contribution in [2.75, 3.05) is 44.7 Å². The van der Waals surface area contributed by atoms with E-state index < -0.39 is 12.2 Å². The Morgan fingerprint density at radius 1 is 1.06 bits per heavy atom. The van der Waals surface area contributed by atoms with Gasteiger partial charge in [0.2, 0.25) is 0 Å². The van der Waals surface area contributed by atoms with Gasteiger partial charge < -0.3 is 19.6 Å². The third kappa shape index (κ3) is 6.31. The number of nitrogens with zero attached hydrogens (tertiary/aromatic N) is 3. The standard InChI is InChI=1S/C26H34FN3O3/c1-28(19-20-5-3-2-4-6-20)26(32)25-24(31)12-11-23(33-25)13-14-29-15-17-30(18-16-29)22-9-7-21(27)8-10-22/h2-10,23-25,31H,11-19H2,1H3/t23-,24-,25-/m0/s1. The molecule has 0 saturated carbocycles. The number of ether oxygens (including phenoxy) is 1. The van der Waals surface area contributed by atoms with Crippen molar-refractivity contribution < 1.29 is 19.0 Å². The number of anilines is 1. The number of piperazine rings is 1. The normalized spacial score (nSPS) is 24.0. The number of benzene rings is 2. The Balaban J connectivity index is 1.23. The molecular formula is C26H34FN3O3. The topological polar surface area (TPSA) is 56.2 Å². The minimum absolute atomic E-state index is 0.0254. The van der Waals surface area contributed by atoms with Crippen LogP contribution < -0.4 is 4.90 Å². The predicted molar refractivity (Wildman–Crippen MR) is 126 cm³/mol. The summed E-state index contributed by atoms with van der Waals surface area (Å²) in [4.78, 5) is 19.3. The fourth-order valence-electron chi connectivity index (χ4n) is 4.67. The van der Waals surface area contributed by atoms with Crippen LogP contribution in [-0.2, 0) is 16.1 Å². The van der Waals surface area contributed by atoms with Crippen LogP contribution in [0.15, 0.2) is 54.6 Å². The van der Waals surface area contributed by atoms with E-state index >= 15 is 0 Å². The monoisotopic (exact) mass is 455 g/mol. The van der Waals surface area contributed by atoms with Crippen molar-refractivity contribution in [2.24, 2.45) is 0 Å². The van der Waals surface area contributed by atoms with Crippen LogP contribution in [0.3, 0.4) is 0 Å². The molecule has 1 amide bonds. The molecule has 0 radical (unpaired) electrons. The third-order valence-electron chi connectivity index (χ3n) is 6.69. The van der Waals surface area contributed by atoms with Gasteiger partial charge in [-0.3, -0.25) is 9.69 Å². The second kappa shape index (κ2) is 11.1. The molecule has 2 aliphatic rings. The molecule has 0 bridgehead atoms. The van der Waals surface area contributed by atoms with E-state index in [0.29, 0.717) is 13.0 Å². The Labute approximate surface area is 195 Å². The molecule has 2 aromatic carbocycles. The molecule has 4 rings (SSSR count). The second-order valence-electron chi connectivity index (χ2n) is 9.10. The molecule has 2 fully saturated rings. The zero-order valence-corrected chi connectivity index (χ0v) is 19.3. The summed E-state index contributed by atoms with van der Waals surface area (Å²) in [6.45, 7) is 5.08. The van der Waals surface area contributed by atoms with Crippen molar-refractivity contribution in [3.8, 4) is 0 Å². The summed E-state index contributed by atoms with van der Waals surface area (Å²) in [5.74, 6) is -0.373. The number of likely N-dealkylation sites (N-methyl/N-ethyl adjacent to an activating group) is 1. The SMILES string of the molecule is CN(Cc1ccccc1)C(=O)[C@H]1O[C@H](CCN2CCN(c3ccc(F)cc3)CC2)CC[C@@H]1O. The first-order valence-corrected chi connectivity index (χ1v) is 11.8. The predicted octanol–water partition coefficient (Wildman–Crippen LogP) is 2.90. The molecule has 178 valence electrons. The number of aliphatic hydroxyl groups is 1. The first-order valence-electron chi connectivity index (χ1n) is 11.8. The zero-order valence-electron chi connectivity index (χ0n) is 19.3. The van der Waals surface area contributed by atoms with Crippen LogP contribution in [0.5, 0.6) is 0 Å². The van der Waals surface area contributed by atoms with Crippen LogP contribution in [0, 0.1) is 5.82 Å². The highest BCUT2D eigenvalue weighted by Gasteiger charge is 2.36. The van der Waals surface area contributed by atoms with Gasteiger partial charge in [0.25, 0.3) is 5.91 Å². The molecule has 0 unspecified atom stereocenters. The number of amides is 1. The molecule has 0 aliphatic carbocycles. The van der Waals surface area contributed by atoms with E-state index in [0.717, 1.165) is 56.8 Å². The van der Waals surface area contributed by atoms with Crippen molar-refractivity contribution in [3.05, 3.63) is 66.0 Å². The van der Waals surface area contributed by atoms with Gasteiger partial charge in [0.1, 0.15) is 5.82 Å². The number of carbonyl (C=O) groups excluding carboxylic acids is 1. The summed E-state index contributed by atoms with van der Waals surface area (Å²) in [7, 11) is 1.76. The number of rotatable bonds is 7. The summed E-state index contributed by atoms with van der Waals surface area (Å²) in [6.07, 6.45) is 0.610. The Morgan fingerprint density at radius 3 is 2.45 bits per heavy atom. The van der Waals surface area contributed by atoms with Gasteiger partial charge >= 0.3 is 0 Å². The molecule has 2 aromatic rings. The summed E-state index contributed by atoms with van der Waals surface area (Å²) < 4.78 is 19.3. The number of aliphatic hydroxyl groups excluding tert-OH is 1. The molecule has 0 spiro atoms. The lowest BCUT2D eigenvalue weighted by Gasteiger charge is -2.38. The van der Waals surface area contributed by atoms with Crippen molar-refractivity contribution in [1.82, 2.24) is 9.80 Å². The highest BCUT2D eigenvalue weighted by Crippen LogP contribution is 2.24. The Kier molecular flexibility index (Phi) is 7.96. The molecule has 7 heteroatoms. The minimum atomic E-state index is -0.798. The molecule has 3 atom stereocenters. The van der Waals surface area contributed by atoms with Crippen molar-refractivity contribution in [1.29, 1.82) is 0 Å². The maximum Gasteiger partial charge on any atom is 0.254 e. The second-order valence-corrected chi connectivity index (χ2v) is 9.10. The summed E-state index contributed by atoms with van der Waals surface area (Å²) in [6, 6.07) is 16.5. The van der Waals surface area contributed by atoms with Gasteiger partial charge in [-0.2, -0.15) is 0 Å². The lowest BCUT2D eigenvalue weighted by Crippen LogP contribution is -2.50. The van der Waals surface area contributed by atoms with E-state index in [1.54, 1.807) is 11.9 Å². The molecule has 2 aliphatic heterocycles. The van der Waals surface area contributed by atoms with Crippen LogP contribution in [-0.4, -0.2) is 78.9 Å². The lowest BCUT2D eigenvalue weighted by molar-refractivity contribution is -0.167.